The summed E-state index contributed by atoms with van der Waals surface area (Å²) < 4.78 is 2.30. The molecule has 1 nitrogen and oxygen atoms in total. The molecule has 0 aliphatic heterocycles. The maximum absolute atomic E-state index is 2.40. The van der Waals surface area contributed by atoms with Crippen LogP contribution >= 0.6 is 0 Å². The SMILES string of the molecule is CCc1cccc2c1Cc1c(cccc1-c1ccc3c(c1)c1ccccc1n3C)C2. The molecule has 5 aromatic rings. The highest BCUT2D eigenvalue weighted by atomic mass is 14.9. The fourth-order valence-corrected chi connectivity index (χ4v) is 5.41. The molecule has 0 amide bonds. The highest BCUT2D eigenvalue weighted by Gasteiger charge is 2.21. The van der Waals surface area contributed by atoms with Gasteiger partial charge in [0.25, 0.3) is 0 Å². The van der Waals surface area contributed by atoms with Gasteiger partial charge >= 0.3 is 0 Å². The van der Waals surface area contributed by atoms with Crippen molar-refractivity contribution in [3.63, 3.8) is 0 Å². The number of hydrogen-bond acceptors (Lipinski definition) is 0. The van der Waals surface area contributed by atoms with Crippen LogP contribution < -0.4 is 0 Å². The van der Waals surface area contributed by atoms with Crippen LogP contribution in [0.1, 0.15) is 34.7 Å². The minimum absolute atomic E-state index is 1.04. The van der Waals surface area contributed by atoms with Crippen molar-refractivity contribution in [1.29, 1.82) is 0 Å². The molecule has 0 atom stereocenters. The number of fused-ring (bicyclic) bond motifs is 5. The minimum Gasteiger partial charge on any atom is -0.344 e. The van der Waals surface area contributed by atoms with Crippen molar-refractivity contribution in [2.45, 2.75) is 26.2 Å². The molecular weight excluding hydrogens is 362 g/mol. The van der Waals surface area contributed by atoms with Crippen molar-refractivity contribution in [2.75, 3.05) is 0 Å². The first-order valence-electron chi connectivity index (χ1n) is 10.9. The number of para-hydroxylation sites is 1. The summed E-state index contributed by atoms with van der Waals surface area (Å²) in [6.07, 6.45) is 3.18. The predicted octanol–water partition coefficient (Wildman–Crippen LogP) is 7.06. The molecular formula is C29H25N. The first-order chi connectivity index (χ1) is 14.7. The summed E-state index contributed by atoms with van der Waals surface area (Å²) in [5.74, 6) is 0. The second-order valence-electron chi connectivity index (χ2n) is 8.51. The van der Waals surface area contributed by atoms with E-state index >= 15 is 0 Å². The Morgan fingerprint density at radius 2 is 1.47 bits per heavy atom. The summed E-state index contributed by atoms with van der Waals surface area (Å²) in [6, 6.07) is 29.4. The number of nitrogens with zero attached hydrogens (tertiary/aromatic N) is 1. The smallest absolute Gasteiger partial charge is 0.0489 e. The molecule has 0 spiro atoms. The first kappa shape index (κ1) is 17.5. The minimum atomic E-state index is 1.04. The Kier molecular flexibility index (Phi) is 3.86. The molecule has 0 fully saturated rings. The fourth-order valence-electron chi connectivity index (χ4n) is 5.41. The van der Waals surface area contributed by atoms with Crippen LogP contribution in [0.2, 0.25) is 0 Å². The molecule has 1 heteroatoms. The van der Waals surface area contributed by atoms with Crippen LogP contribution in [0, 0.1) is 0 Å². The fraction of sp³-hybridized carbons (Fsp3) is 0.172. The molecule has 146 valence electrons. The van der Waals surface area contributed by atoms with Crippen LogP contribution in [-0.4, -0.2) is 4.57 Å². The van der Waals surface area contributed by atoms with Crippen LogP contribution in [0.5, 0.6) is 0 Å². The Morgan fingerprint density at radius 1 is 0.700 bits per heavy atom. The van der Waals surface area contributed by atoms with E-state index in [1.54, 1.807) is 5.56 Å². The van der Waals surface area contributed by atoms with Gasteiger partial charge < -0.3 is 4.57 Å². The zero-order valence-corrected chi connectivity index (χ0v) is 17.6. The molecule has 6 rings (SSSR count). The maximum atomic E-state index is 2.40. The van der Waals surface area contributed by atoms with Gasteiger partial charge in [0.05, 0.1) is 0 Å². The second-order valence-corrected chi connectivity index (χ2v) is 8.51. The van der Waals surface area contributed by atoms with Crippen LogP contribution in [0.25, 0.3) is 32.9 Å². The molecule has 0 bridgehead atoms. The van der Waals surface area contributed by atoms with E-state index in [0.717, 1.165) is 19.3 Å². The standard InChI is InChI=1S/C29H25N/c1-3-19-8-6-9-20-16-21-10-7-12-23(26(21)18-25(19)20)22-14-15-29-27(17-22)24-11-4-5-13-28(24)30(29)2/h4-15,17H,3,16,18H2,1-2H3. The summed E-state index contributed by atoms with van der Waals surface area (Å²) >= 11 is 0. The lowest BCUT2D eigenvalue weighted by atomic mass is 9.80. The lowest BCUT2D eigenvalue weighted by molar-refractivity contribution is 0.961. The normalized spacial score (nSPS) is 12.9. The van der Waals surface area contributed by atoms with Gasteiger partial charge in [-0.15, -0.1) is 0 Å². The molecule has 0 radical (unpaired) electrons. The number of aromatic nitrogens is 1. The largest absolute Gasteiger partial charge is 0.344 e. The molecule has 30 heavy (non-hydrogen) atoms. The summed E-state index contributed by atoms with van der Waals surface area (Å²) in [6.45, 7) is 2.27. The van der Waals surface area contributed by atoms with Crippen LogP contribution in [0.15, 0.2) is 78.9 Å². The number of hydrogen-bond donors (Lipinski definition) is 0. The quantitative estimate of drug-likeness (QED) is 0.300. The van der Waals surface area contributed by atoms with E-state index in [2.05, 4.69) is 97.4 Å². The molecule has 4 aromatic carbocycles. The average molecular weight is 388 g/mol. The third kappa shape index (κ3) is 2.48. The van der Waals surface area contributed by atoms with Gasteiger partial charge in [-0.25, -0.2) is 0 Å². The van der Waals surface area contributed by atoms with Crippen LogP contribution in [0.4, 0.5) is 0 Å². The van der Waals surface area contributed by atoms with Crippen molar-refractivity contribution < 1.29 is 0 Å². The lowest BCUT2D eigenvalue weighted by Crippen LogP contribution is -2.11. The number of rotatable bonds is 2. The van der Waals surface area contributed by atoms with Crippen LogP contribution in [0.3, 0.4) is 0 Å². The van der Waals surface area contributed by atoms with Gasteiger partial charge in [0.1, 0.15) is 0 Å². The highest BCUT2D eigenvalue weighted by Crippen LogP contribution is 2.38. The Hall–Kier alpha value is -3.32. The van der Waals surface area contributed by atoms with Crippen molar-refractivity contribution >= 4 is 21.8 Å². The highest BCUT2D eigenvalue weighted by molar-refractivity contribution is 6.09. The molecule has 0 saturated heterocycles. The van der Waals surface area contributed by atoms with E-state index < -0.39 is 0 Å². The van der Waals surface area contributed by atoms with E-state index in [1.807, 2.05) is 0 Å². The van der Waals surface area contributed by atoms with Gasteiger partial charge in [-0.05, 0) is 76.4 Å². The predicted molar refractivity (Wildman–Crippen MR) is 127 cm³/mol. The molecule has 0 N–H and O–H groups in total. The van der Waals surface area contributed by atoms with E-state index in [1.165, 1.54) is 55.2 Å². The number of benzene rings is 4. The zero-order valence-electron chi connectivity index (χ0n) is 17.6. The van der Waals surface area contributed by atoms with E-state index in [-0.39, 0.29) is 0 Å². The van der Waals surface area contributed by atoms with Crippen molar-refractivity contribution in [3.05, 3.63) is 107 Å². The van der Waals surface area contributed by atoms with Gasteiger partial charge in [0, 0.05) is 28.9 Å². The van der Waals surface area contributed by atoms with E-state index in [0.29, 0.717) is 0 Å². The molecule has 1 heterocycles. The Balaban J connectivity index is 1.55. The second kappa shape index (κ2) is 6.60. The Morgan fingerprint density at radius 3 is 2.33 bits per heavy atom. The average Bonchev–Trinajstić information content (AvgIpc) is 3.08. The summed E-state index contributed by atoms with van der Waals surface area (Å²) in [5, 5.41) is 2.67. The third-order valence-electron chi connectivity index (χ3n) is 6.98. The van der Waals surface area contributed by atoms with Gasteiger partial charge in [-0.3, -0.25) is 0 Å². The monoisotopic (exact) mass is 387 g/mol. The van der Waals surface area contributed by atoms with Crippen molar-refractivity contribution in [2.24, 2.45) is 7.05 Å². The van der Waals surface area contributed by atoms with Gasteiger partial charge in [0.2, 0.25) is 0 Å². The molecule has 1 aliphatic rings. The summed E-state index contributed by atoms with van der Waals surface area (Å²) in [4.78, 5) is 0. The molecule has 1 aromatic heterocycles. The first-order valence-corrected chi connectivity index (χ1v) is 10.9. The van der Waals surface area contributed by atoms with Gasteiger partial charge in [-0.2, -0.15) is 0 Å². The topological polar surface area (TPSA) is 4.93 Å². The van der Waals surface area contributed by atoms with Crippen LogP contribution in [-0.2, 0) is 26.3 Å². The van der Waals surface area contributed by atoms with Crippen molar-refractivity contribution in [3.8, 4) is 11.1 Å². The van der Waals surface area contributed by atoms with Crippen molar-refractivity contribution in [1.82, 2.24) is 4.57 Å². The molecule has 0 unspecified atom stereocenters. The van der Waals surface area contributed by atoms with Gasteiger partial charge in [-0.1, -0.05) is 67.6 Å². The lowest BCUT2D eigenvalue weighted by Gasteiger charge is -2.24. The van der Waals surface area contributed by atoms with E-state index in [9.17, 15) is 0 Å². The third-order valence-corrected chi connectivity index (χ3v) is 6.98. The summed E-state index contributed by atoms with van der Waals surface area (Å²) in [7, 11) is 2.16. The summed E-state index contributed by atoms with van der Waals surface area (Å²) in [5.41, 5.74) is 12.8. The number of aryl methyl sites for hydroxylation is 2. The van der Waals surface area contributed by atoms with E-state index in [4.69, 9.17) is 0 Å². The zero-order chi connectivity index (χ0) is 20.2. The molecule has 1 aliphatic carbocycles. The maximum Gasteiger partial charge on any atom is 0.0489 e. The Labute approximate surface area is 177 Å². The van der Waals surface area contributed by atoms with Gasteiger partial charge in [0.15, 0.2) is 0 Å². The molecule has 0 saturated carbocycles. The Bertz CT molecular complexity index is 1430.